The van der Waals surface area contributed by atoms with E-state index in [2.05, 4.69) is 88.4 Å². The number of aliphatic hydroxyl groups excluding tert-OH is 1. The molecule has 45 heavy (non-hydrogen) atoms. The summed E-state index contributed by atoms with van der Waals surface area (Å²) in [5.41, 5.74) is 0. The molecule has 4 nitrogen and oxygen atoms in total. The van der Waals surface area contributed by atoms with Gasteiger partial charge in [0.1, 0.15) is 0 Å². The fourth-order valence-electron chi connectivity index (χ4n) is 6.84. The number of benzene rings is 2. The Bertz CT molecular complexity index is 1050. The molecule has 0 aromatic heterocycles. The zero-order valence-electron chi connectivity index (χ0n) is 28.9. The summed E-state index contributed by atoms with van der Waals surface area (Å²) < 4.78 is 13.3. The van der Waals surface area contributed by atoms with Gasteiger partial charge in [0.25, 0.3) is 8.32 Å². The van der Waals surface area contributed by atoms with Crippen LogP contribution in [0.5, 0.6) is 0 Å². The van der Waals surface area contributed by atoms with E-state index in [-0.39, 0.29) is 29.5 Å². The number of allylic oxidation sites excluding steroid dienone is 2. The molecule has 1 aliphatic heterocycles. The van der Waals surface area contributed by atoms with E-state index < -0.39 is 14.4 Å². The van der Waals surface area contributed by atoms with Crippen molar-refractivity contribution in [2.45, 2.75) is 154 Å². The molecule has 5 heteroatoms. The van der Waals surface area contributed by atoms with Gasteiger partial charge in [-0.25, -0.2) is 0 Å². The van der Waals surface area contributed by atoms with Crippen LogP contribution in [0, 0.1) is 0 Å². The Hall–Kier alpha value is -2.05. The molecule has 3 rings (SSSR count). The van der Waals surface area contributed by atoms with E-state index in [0.29, 0.717) is 6.61 Å². The van der Waals surface area contributed by atoms with E-state index in [0.717, 1.165) is 25.7 Å². The lowest BCUT2D eigenvalue weighted by Crippen LogP contribution is -2.67. The average molecular weight is 635 g/mol. The van der Waals surface area contributed by atoms with Gasteiger partial charge in [-0.3, -0.25) is 4.79 Å². The second-order valence-corrected chi connectivity index (χ2v) is 18.5. The van der Waals surface area contributed by atoms with Crippen molar-refractivity contribution < 1.29 is 19.1 Å². The number of hydrogen-bond acceptors (Lipinski definition) is 4. The van der Waals surface area contributed by atoms with Crippen LogP contribution in [0.1, 0.15) is 130 Å². The molecule has 1 heterocycles. The summed E-state index contributed by atoms with van der Waals surface area (Å²) in [6.07, 6.45) is 21.1. The Labute approximate surface area is 276 Å². The minimum atomic E-state index is -2.64. The third-order valence-electron chi connectivity index (χ3n) is 9.41. The first-order valence-electron chi connectivity index (χ1n) is 18.1. The number of rotatable bonds is 22. The first kappa shape index (κ1) is 37.4. The fraction of sp³-hybridized carbons (Fsp3) is 0.625. The number of ether oxygens (including phenoxy) is 1. The maximum atomic E-state index is 12.6. The maximum Gasteiger partial charge on any atom is 0.261 e. The first-order valence-corrected chi connectivity index (χ1v) is 20.0. The monoisotopic (exact) mass is 634 g/mol. The Morgan fingerprint density at radius 3 is 1.87 bits per heavy atom. The molecule has 3 atom stereocenters. The predicted octanol–water partition coefficient (Wildman–Crippen LogP) is 9.08. The summed E-state index contributed by atoms with van der Waals surface area (Å²) in [5, 5.41) is 13.3. The molecule has 0 aliphatic carbocycles. The molecular weight excluding hydrogens is 573 g/mol. The van der Waals surface area contributed by atoms with Crippen molar-refractivity contribution in [1.29, 1.82) is 0 Å². The van der Waals surface area contributed by atoms with E-state index in [1.807, 2.05) is 6.08 Å². The van der Waals surface area contributed by atoms with Crippen molar-refractivity contribution in [1.82, 2.24) is 0 Å². The first-order chi connectivity index (χ1) is 21.8. The lowest BCUT2D eigenvalue weighted by atomic mass is 10.0. The van der Waals surface area contributed by atoms with Gasteiger partial charge in [-0.2, -0.15) is 0 Å². The third kappa shape index (κ3) is 12.2. The molecule has 2 aromatic rings. The van der Waals surface area contributed by atoms with E-state index in [9.17, 15) is 9.90 Å². The zero-order valence-corrected chi connectivity index (χ0v) is 29.9. The molecule has 1 fully saturated rings. The Morgan fingerprint density at radius 2 is 1.36 bits per heavy atom. The number of carbonyl (C=O) groups excluding carboxylic acids is 1. The molecule has 1 N–H and O–H groups in total. The largest absolute Gasteiger partial charge is 0.405 e. The van der Waals surface area contributed by atoms with Crippen molar-refractivity contribution in [2.75, 3.05) is 6.61 Å². The molecule has 0 bridgehead atoms. The lowest BCUT2D eigenvalue weighted by molar-refractivity contribution is -0.119. The highest BCUT2D eigenvalue weighted by Crippen LogP contribution is 2.37. The molecule has 1 aliphatic rings. The molecule has 0 saturated carbocycles. The van der Waals surface area contributed by atoms with Crippen LogP contribution in [-0.4, -0.2) is 44.1 Å². The van der Waals surface area contributed by atoms with Gasteiger partial charge in [0, 0.05) is 6.42 Å². The summed E-state index contributed by atoms with van der Waals surface area (Å²) >= 11 is 0. The predicted molar refractivity (Wildman–Crippen MR) is 192 cm³/mol. The van der Waals surface area contributed by atoms with Crippen LogP contribution < -0.4 is 10.4 Å². The summed E-state index contributed by atoms with van der Waals surface area (Å²) in [4.78, 5) is 12.6. The fourth-order valence-corrected chi connectivity index (χ4v) is 11.4. The van der Waals surface area contributed by atoms with Crippen LogP contribution in [0.3, 0.4) is 0 Å². The zero-order chi connectivity index (χ0) is 32.4. The highest BCUT2D eigenvalue weighted by molar-refractivity contribution is 6.99. The number of unbranched alkanes of at least 4 members (excludes halogenated alkanes) is 12. The molecule has 2 aromatic carbocycles. The summed E-state index contributed by atoms with van der Waals surface area (Å²) in [7, 11) is -2.64. The van der Waals surface area contributed by atoms with E-state index in [1.165, 1.54) is 81.0 Å². The molecule has 0 unspecified atom stereocenters. The SMILES string of the molecule is CCCCCCCCCCCCCC/C=C\C(=O)C[C@H](O)[C@@H]1CC[C@@H](CO[Si](c2ccccc2)(c2ccccc2)C(C)(C)C)O1. The van der Waals surface area contributed by atoms with Gasteiger partial charge in [-0.15, -0.1) is 0 Å². The number of aliphatic hydroxyl groups is 1. The van der Waals surface area contributed by atoms with Crippen LogP contribution in [0.25, 0.3) is 0 Å². The molecule has 1 saturated heterocycles. The maximum absolute atomic E-state index is 12.6. The van der Waals surface area contributed by atoms with Crippen LogP contribution in [0.15, 0.2) is 72.8 Å². The smallest absolute Gasteiger partial charge is 0.261 e. The standard InChI is InChI=1S/C40H62O4Si/c1-5-6-7-8-9-10-11-12-13-14-15-16-17-20-25-34(41)32-38(42)39-31-30-35(44-39)33-43-45(40(2,3)4,36-26-21-18-22-27-36)37-28-23-19-24-29-37/h18-29,35,38-39,42H,5-17,30-33H2,1-4H3/b25-20-/t35-,38-,39-/m0/s1. The van der Waals surface area contributed by atoms with Crippen LogP contribution in [0.2, 0.25) is 5.04 Å². The van der Waals surface area contributed by atoms with Crippen molar-refractivity contribution >= 4 is 24.5 Å². The highest BCUT2D eigenvalue weighted by Gasteiger charge is 2.50. The number of carbonyl (C=O) groups is 1. The molecule has 250 valence electrons. The molecular formula is C40H62O4Si. The van der Waals surface area contributed by atoms with Crippen molar-refractivity contribution in [3.8, 4) is 0 Å². The minimum absolute atomic E-state index is 0.0166. The Morgan fingerprint density at radius 1 is 0.844 bits per heavy atom. The highest BCUT2D eigenvalue weighted by atomic mass is 28.4. The van der Waals surface area contributed by atoms with Gasteiger partial charge in [-0.05, 0) is 47.2 Å². The van der Waals surface area contributed by atoms with E-state index in [1.54, 1.807) is 6.08 Å². The number of hydrogen-bond donors (Lipinski definition) is 1. The normalized spacial score (nSPS) is 18.1. The van der Waals surface area contributed by atoms with Crippen LogP contribution >= 0.6 is 0 Å². The van der Waals surface area contributed by atoms with Gasteiger partial charge in [-0.1, -0.05) is 165 Å². The summed E-state index contributed by atoms with van der Waals surface area (Å²) in [5.74, 6) is -0.0166. The van der Waals surface area contributed by atoms with Crippen molar-refractivity contribution in [3.63, 3.8) is 0 Å². The molecule has 0 spiro atoms. The minimum Gasteiger partial charge on any atom is -0.405 e. The topological polar surface area (TPSA) is 55.8 Å². The van der Waals surface area contributed by atoms with E-state index >= 15 is 0 Å². The Balaban J connectivity index is 1.38. The van der Waals surface area contributed by atoms with Crippen LogP contribution in [0.4, 0.5) is 0 Å². The summed E-state index contributed by atoms with van der Waals surface area (Å²) in [6, 6.07) is 21.3. The van der Waals surface area contributed by atoms with Crippen molar-refractivity contribution in [2.24, 2.45) is 0 Å². The van der Waals surface area contributed by atoms with Gasteiger partial charge >= 0.3 is 0 Å². The van der Waals surface area contributed by atoms with Gasteiger partial charge in [0.2, 0.25) is 0 Å². The lowest BCUT2D eigenvalue weighted by Gasteiger charge is -2.43. The van der Waals surface area contributed by atoms with E-state index in [4.69, 9.17) is 9.16 Å². The molecule has 0 radical (unpaired) electrons. The van der Waals surface area contributed by atoms with Crippen molar-refractivity contribution in [3.05, 3.63) is 72.8 Å². The second kappa shape index (κ2) is 20.2. The molecule has 0 amide bonds. The van der Waals surface area contributed by atoms with Crippen LogP contribution in [-0.2, 0) is 14.0 Å². The summed E-state index contributed by atoms with van der Waals surface area (Å²) in [6.45, 7) is 9.58. The quantitative estimate of drug-likeness (QED) is 0.0798. The van der Waals surface area contributed by atoms with Gasteiger partial charge in [0.05, 0.1) is 24.9 Å². The van der Waals surface area contributed by atoms with Gasteiger partial charge in [0.15, 0.2) is 5.78 Å². The van der Waals surface area contributed by atoms with Gasteiger partial charge < -0.3 is 14.3 Å². The average Bonchev–Trinajstić information content (AvgIpc) is 3.51. The Kier molecular flexibility index (Phi) is 16.8. The second-order valence-electron chi connectivity index (χ2n) is 14.2. The number of ketones is 1. The third-order valence-corrected chi connectivity index (χ3v) is 14.4.